The van der Waals surface area contributed by atoms with E-state index in [4.69, 9.17) is 0 Å². The maximum Gasteiger partial charge on any atom is 0.264 e. The maximum atomic E-state index is 12.4. The van der Waals surface area contributed by atoms with E-state index >= 15 is 0 Å². The monoisotopic (exact) mass is 355 g/mol. The lowest BCUT2D eigenvalue weighted by molar-refractivity contribution is -0.131. The van der Waals surface area contributed by atoms with Crippen molar-refractivity contribution in [3.8, 4) is 0 Å². The topological polar surface area (TPSA) is 81.3 Å². The Bertz CT molecular complexity index is 749. The summed E-state index contributed by atoms with van der Waals surface area (Å²) in [5.74, 6) is 0.173. The van der Waals surface area contributed by atoms with Crippen molar-refractivity contribution in [1.29, 1.82) is 0 Å². The summed E-state index contributed by atoms with van der Waals surface area (Å²) in [4.78, 5) is 27.7. The molecule has 0 radical (unpaired) electrons. The second-order valence-corrected chi connectivity index (χ2v) is 6.48. The second kappa shape index (κ2) is 8.62. The number of para-hydroxylation sites is 1. The highest BCUT2D eigenvalue weighted by atomic mass is 16.2. The number of amides is 1. The van der Waals surface area contributed by atoms with Crippen LogP contribution < -0.4 is 15.8 Å². The number of aromatic amines is 1. The number of anilines is 1. The van der Waals surface area contributed by atoms with Gasteiger partial charge in [-0.2, -0.15) is 5.10 Å². The minimum absolute atomic E-state index is 0.0189. The van der Waals surface area contributed by atoms with Gasteiger partial charge in [0.15, 0.2) is 0 Å². The average Bonchev–Trinajstić information content (AvgIpc) is 2.69. The Morgan fingerprint density at radius 1 is 1.15 bits per heavy atom. The van der Waals surface area contributed by atoms with Crippen molar-refractivity contribution in [3.05, 3.63) is 58.5 Å². The van der Waals surface area contributed by atoms with Crippen LogP contribution in [-0.4, -0.2) is 53.7 Å². The van der Waals surface area contributed by atoms with Crippen molar-refractivity contribution in [2.75, 3.05) is 37.6 Å². The lowest BCUT2D eigenvalue weighted by Gasteiger charge is -2.36. The van der Waals surface area contributed by atoms with E-state index in [0.717, 1.165) is 31.9 Å². The van der Waals surface area contributed by atoms with Crippen LogP contribution in [0.2, 0.25) is 0 Å². The molecule has 0 saturated carbocycles. The van der Waals surface area contributed by atoms with Crippen molar-refractivity contribution in [3.63, 3.8) is 0 Å². The summed E-state index contributed by atoms with van der Waals surface area (Å²) in [6.07, 6.45) is 0.457. The molecular formula is C19H25N5O2. The van der Waals surface area contributed by atoms with Gasteiger partial charge in [0.25, 0.3) is 5.56 Å². The minimum Gasteiger partial charge on any atom is -0.368 e. The van der Waals surface area contributed by atoms with E-state index in [-0.39, 0.29) is 17.5 Å². The third kappa shape index (κ3) is 4.70. The van der Waals surface area contributed by atoms with Crippen LogP contribution in [0.25, 0.3) is 0 Å². The molecule has 1 amide bonds. The molecular weight excluding hydrogens is 330 g/mol. The number of hydrogen-bond acceptors (Lipinski definition) is 5. The molecule has 0 spiro atoms. The van der Waals surface area contributed by atoms with Gasteiger partial charge in [-0.1, -0.05) is 18.2 Å². The highest BCUT2D eigenvalue weighted by Gasteiger charge is 2.21. The molecule has 1 aliphatic rings. The summed E-state index contributed by atoms with van der Waals surface area (Å²) in [6.45, 7) is 5.78. The van der Waals surface area contributed by atoms with Crippen LogP contribution in [0.4, 0.5) is 5.69 Å². The molecule has 3 rings (SSSR count). The van der Waals surface area contributed by atoms with Crippen LogP contribution in [0.1, 0.15) is 25.1 Å². The number of aromatic nitrogens is 2. The number of hydrogen-bond donors (Lipinski definition) is 2. The normalized spacial score (nSPS) is 15.7. The zero-order valence-corrected chi connectivity index (χ0v) is 15.0. The minimum atomic E-state index is -0.217. The van der Waals surface area contributed by atoms with E-state index in [1.54, 1.807) is 6.07 Å². The van der Waals surface area contributed by atoms with Crippen LogP contribution >= 0.6 is 0 Å². The van der Waals surface area contributed by atoms with Gasteiger partial charge >= 0.3 is 0 Å². The molecule has 1 aliphatic heterocycles. The highest BCUT2D eigenvalue weighted by Crippen LogP contribution is 2.16. The number of H-pyrrole nitrogens is 1. The number of nitrogens with one attached hydrogen (secondary N) is 2. The molecule has 7 heteroatoms. The number of carbonyl (C=O) groups excluding carboxylic acids is 1. The van der Waals surface area contributed by atoms with Gasteiger partial charge in [-0.05, 0) is 25.1 Å². The molecule has 2 N–H and O–H groups in total. The van der Waals surface area contributed by atoms with Crippen LogP contribution in [0.15, 0.2) is 47.3 Å². The zero-order chi connectivity index (χ0) is 18.4. The van der Waals surface area contributed by atoms with E-state index in [1.165, 1.54) is 11.8 Å². The number of carbonyl (C=O) groups is 1. The van der Waals surface area contributed by atoms with Gasteiger partial charge in [-0.15, -0.1) is 0 Å². The van der Waals surface area contributed by atoms with Gasteiger partial charge in [0.1, 0.15) is 0 Å². The lowest BCUT2D eigenvalue weighted by Crippen LogP contribution is -2.49. The van der Waals surface area contributed by atoms with Crippen molar-refractivity contribution in [1.82, 2.24) is 20.4 Å². The average molecular weight is 355 g/mol. The first kappa shape index (κ1) is 18.1. The fourth-order valence-electron chi connectivity index (χ4n) is 3.11. The van der Waals surface area contributed by atoms with E-state index in [2.05, 4.69) is 32.5 Å². The van der Waals surface area contributed by atoms with E-state index in [9.17, 15) is 9.59 Å². The van der Waals surface area contributed by atoms with Gasteiger partial charge in [0.2, 0.25) is 5.91 Å². The first-order valence-corrected chi connectivity index (χ1v) is 9.00. The van der Waals surface area contributed by atoms with Gasteiger partial charge < -0.3 is 15.1 Å². The Kier molecular flexibility index (Phi) is 6.01. The Labute approximate surface area is 153 Å². The van der Waals surface area contributed by atoms with Crippen LogP contribution in [0.3, 0.4) is 0 Å². The molecule has 1 aromatic carbocycles. The third-order valence-corrected chi connectivity index (χ3v) is 4.69. The smallest absolute Gasteiger partial charge is 0.264 e. The molecule has 138 valence electrons. The molecule has 0 unspecified atom stereocenters. The number of benzene rings is 1. The summed E-state index contributed by atoms with van der Waals surface area (Å²) in [5.41, 5.74) is 1.75. The molecule has 1 aromatic heterocycles. The Morgan fingerprint density at radius 2 is 1.88 bits per heavy atom. The molecule has 2 heterocycles. The first-order chi connectivity index (χ1) is 12.6. The van der Waals surface area contributed by atoms with E-state index in [0.29, 0.717) is 13.0 Å². The van der Waals surface area contributed by atoms with Gasteiger partial charge in [0, 0.05) is 56.9 Å². The highest BCUT2D eigenvalue weighted by molar-refractivity contribution is 5.76. The van der Waals surface area contributed by atoms with Gasteiger partial charge in [0.05, 0.1) is 5.69 Å². The van der Waals surface area contributed by atoms with Crippen molar-refractivity contribution >= 4 is 11.6 Å². The van der Waals surface area contributed by atoms with Crippen molar-refractivity contribution < 1.29 is 4.79 Å². The Hall–Kier alpha value is -2.67. The standard InChI is InChI=1S/C19H25N5O2/c1-15(17-7-8-18(25)22-21-17)20-10-9-19(26)24-13-11-23(12-14-24)16-5-3-2-4-6-16/h2-8,15,20H,9-14H2,1H3,(H,22,25)/t15-/m0/s1. The fourth-order valence-corrected chi connectivity index (χ4v) is 3.11. The second-order valence-electron chi connectivity index (χ2n) is 6.48. The molecule has 26 heavy (non-hydrogen) atoms. The van der Waals surface area contributed by atoms with Gasteiger partial charge in [-0.3, -0.25) is 9.59 Å². The first-order valence-electron chi connectivity index (χ1n) is 9.00. The molecule has 1 fully saturated rings. The number of nitrogens with zero attached hydrogens (tertiary/aromatic N) is 3. The summed E-state index contributed by atoms with van der Waals surface area (Å²) in [7, 11) is 0. The van der Waals surface area contributed by atoms with Crippen LogP contribution in [0.5, 0.6) is 0 Å². The number of rotatable bonds is 6. The fraction of sp³-hybridized carbons (Fsp3) is 0.421. The zero-order valence-electron chi connectivity index (χ0n) is 15.0. The SMILES string of the molecule is C[C@H](NCCC(=O)N1CCN(c2ccccc2)CC1)c1ccc(=O)[nH]n1. The molecule has 1 atom stereocenters. The largest absolute Gasteiger partial charge is 0.368 e. The van der Waals surface area contributed by atoms with E-state index < -0.39 is 0 Å². The Balaban J connectivity index is 1.40. The molecule has 0 bridgehead atoms. The quantitative estimate of drug-likeness (QED) is 0.813. The van der Waals surface area contributed by atoms with E-state index in [1.807, 2.05) is 30.0 Å². The summed E-state index contributed by atoms with van der Waals surface area (Å²) in [5, 5.41) is 9.71. The van der Waals surface area contributed by atoms with Gasteiger partial charge in [-0.25, -0.2) is 5.10 Å². The molecule has 1 saturated heterocycles. The van der Waals surface area contributed by atoms with Crippen molar-refractivity contribution in [2.24, 2.45) is 0 Å². The summed E-state index contributed by atoms with van der Waals surface area (Å²) < 4.78 is 0. The Morgan fingerprint density at radius 3 is 2.54 bits per heavy atom. The van der Waals surface area contributed by atoms with Crippen LogP contribution in [-0.2, 0) is 4.79 Å². The lowest BCUT2D eigenvalue weighted by atomic mass is 10.2. The number of piperazine rings is 1. The summed E-state index contributed by atoms with van der Waals surface area (Å²) in [6, 6.07) is 13.4. The van der Waals surface area contributed by atoms with Crippen molar-refractivity contribution in [2.45, 2.75) is 19.4 Å². The predicted octanol–water partition coefficient (Wildman–Crippen LogP) is 1.16. The maximum absolute atomic E-state index is 12.4. The molecule has 7 nitrogen and oxygen atoms in total. The molecule has 0 aliphatic carbocycles. The summed E-state index contributed by atoms with van der Waals surface area (Å²) >= 11 is 0. The predicted molar refractivity (Wildman–Crippen MR) is 101 cm³/mol. The van der Waals surface area contributed by atoms with Crippen LogP contribution in [0, 0.1) is 0 Å². The molecule has 2 aromatic rings. The third-order valence-electron chi connectivity index (χ3n) is 4.69.